The van der Waals surface area contributed by atoms with Crippen LogP contribution in [-0.4, -0.2) is 60.9 Å². The number of likely N-dealkylation sites (tertiary alicyclic amines) is 1. The molecular formula is C35H50BN3O5. The number of aryl methyl sites for hydroxylation is 1. The maximum Gasteiger partial charge on any atom is 0.482 e. The molecule has 6 rings (SSSR count). The molecule has 1 aromatic carbocycles. The second kappa shape index (κ2) is 12.5. The normalized spacial score (nSPS) is 30.4. The Balaban J connectivity index is 1.28. The molecular weight excluding hydrogens is 553 g/mol. The van der Waals surface area contributed by atoms with Gasteiger partial charge in [-0.3, -0.25) is 4.79 Å². The van der Waals surface area contributed by atoms with E-state index in [1.807, 2.05) is 20.8 Å². The molecule has 238 valence electrons. The molecule has 2 saturated heterocycles. The third-order valence-corrected chi connectivity index (χ3v) is 10.6. The van der Waals surface area contributed by atoms with E-state index >= 15 is 0 Å². The Morgan fingerprint density at radius 2 is 1.91 bits per heavy atom. The van der Waals surface area contributed by atoms with Crippen LogP contribution in [0.2, 0.25) is 0 Å². The molecule has 1 N–H and O–H groups in total. The summed E-state index contributed by atoms with van der Waals surface area (Å²) in [7, 11) is -0.592. The monoisotopic (exact) mass is 603 g/mol. The molecule has 2 amide bonds. The molecule has 0 unspecified atom stereocenters. The lowest BCUT2D eigenvalue weighted by atomic mass is 9.43. The van der Waals surface area contributed by atoms with Crippen molar-refractivity contribution in [1.29, 1.82) is 5.26 Å². The Hall–Kier alpha value is -2.83. The number of alkyl carbamates (subject to hydrolysis) is 1. The number of amides is 2. The van der Waals surface area contributed by atoms with Crippen molar-refractivity contribution in [2.24, 2.45) is 22.7 Å². The number of allylic oxidation sites excluding steroid dienone is 1. The van der Waals surface area contributed by atoms with E-state index in [9.17, 15) is 14.9 Å². The maximum absolute atomic E-state index is 13.5. The van der Waals surface area contributed by atoms with Crippen molar-refractivity contribution in [3.8, 4) is 6.07 Å². The van der Waals surface area contributed by atoms with Crippen LogP contribution in [0.25, 0.3) is 0 Å². The van der Waals surface area contributed by atoms with Crippen LogP contribution in [0.3, 0.4) is 0 Å². The Kier molecular flexibility index (Phi) is 9.27. The van der Waals surface area contributed by atoms with Crippen molar-refractivity contribution in [2.45, 2.75) is 117 Å². The highest BCUT2D eigenvalue weighted by Gasteiger charge is 2.68. The van der Waals surface area contributed by atoms with E-state index in [0.717, 1.165) is 37.7 Å². The van der Waals surface area contributed by atoms with Crippen LogP contribution in [0.15, 0.2) is 35.9 Å². The second-order valence-electron chi connectivity index (χ2n) is 15.4. The van der Waals surface area contributed by atoms with Crippen LogP contribution >= 0.6 is 0 Å². The molecule has 44 heavy (non-hydrogen) atoms. The van der Waals surface area contributed by atoms with E-state index in [1.165, 1.54) is 5.56 Å². The van der Waals surface area contributed by atoms with Crippen molar-refractivity contribution in [3.05, 3.63) is 47.0 Å². The molecule has 0 radical (unpaired) electrons. The molecule has 6 atom stereocenters. The number of nitrogens with one attached hydrogen (secondary N) is 1. The summed E-state index contributed by atoms with van der Waals surface area (Å²) in [5, 5.41) is 12.8. The van der Waals surface area contributed by atoms with E-state index in [4.69, 9.17) is 14.0 Å². The van der Waals surface area contributed by atoms with E-state index in [0.29, 0.717) is 31.2 Å². The summed E-state index contributed by atoms with van der Waals surface area (Å²) in [5.41, 5.74) is 1.91. The van der Waals surface area contributed by atoms with Gasteiger partial charge in [0.1, 0.15) is 18.2 Å². The van der Waals surface area contributed by atoms with Gasteiger partial charge in [-0.15, -0.1) is 0 Å². The average molecular weight is 604 g/mol. The molecule has 3 aliphatic carbocycles. The number of ether oxygens (including phenoxy) is 1. The molecule has 3 saturated carbocycles. The zero-order valence-electron chi connectivity index (χ0n) is 27.7. The number of benzene rings is 1. The minimum Gasteiger partial charge on any atom is -0.447 e. The van der Waals surface area contributed by atoms with E-state index < -0.39 is 19.2 Å². The number of nitrogens with zero attached hydrogens (tertiary/aromatic N) is 2. The fourth-order valence-corrected chi connectivity index (χ4v) is 7.98. The number of carbonyl (C=O) groups is 2. The van der Waals surface area contributed by atoms with Crippen LogP contribution in [0.4, 0.5) is 4.79 Å². The molecule has 5 fully saturated rings. The van der Waals surface area contributed by atoms with Crippen LogP contribution in [0.1, 0.15) is 91.2 Å². The largest absolute Gasteiger partial charge is 0.482 e. The lowest BCUT2D eigenvalue weighted by Gasteiger charge is -2.64. The van der Waals surface area contributed by atoms with Gasteiger partial charge in [-0.1, -0.05) is 83.4 Å². The highest BCUT2D eigenvalue weighted by molar-refractivity contribution is 6.47. The highest BCUT2D eigenvalue weighted by Crippen LogP contribution is 2.65. The quantitative estimate of drug-likeness (QED) is 0.227. The summed E-state index contributed by atoms with van der Waals surface area (Å²) >= 11 is 0. The van der Waals surface area contributed by atoms with Crippen LogP contribution in [0.5, 0.6) is 0 Å². The van der Waals surface area contributed by atoms with Gasteiger partial charge in [0.05, 0.1) is 23.7 Å². The zero-order chi connectivity index (χ0) is 31.9. The fourth-order valence-electron chi connectivity index (χ4n) is 7.98. The SMILES string of the molecule is Cc1ccc(C[C@H](NC(=O)OC[C@H]2CCCCCN2C(=O)C(C#N)=CC(C)(C)C)B2O[C@@H]3C[C@@H]4C[C@@H](C4(C)C)[C@]3(C)O2)cc1. The van der Waals surface area contributed by atoms with Crippen LogP contribution in [0, 0.1) is 40.9 Å². The topological polar surface area (TPSA) is 101 Å². The predicted molar refractivity (Wildman–Crippen MR) is 170 cm³/mol. The van der Waals surface area contributed by atoms with Gasteiger partial charge >= 0.3 is 13.2 Å². The highest BCUT2D eigenvalue weighted by atomic mass is 16.7. The molecule has 2 bridgehead atoms. The molecule has 0 aromatic heterocycles. The Labute approximate surface area is 264 Å². The van der Waals surface area contributed by atoms with Gasteiger partial charge in [0, 0.05) is 6.54 Å². The Morgan fingerprint density at radius 1 is 1.18 bits per heavy atom. The smallest absolute Gasteiger partial charge is 0.447 e. The minimum absolute atomic E-state index is 0.00338. The summed E-state index contributed by atoms with van der Waals surface area (Å²) in [6.45, 7) is 15.4. The van der Waals surface area contributed by atoms with Gasteiger partial charge in [-0.05, 0) is 74.2 Å². The standard InChI is InChI=1S/C35H50BN3O5/c1-23-12-14-24(15-13-23)17-30(36-43-29-19-26-18-28(34(26,5)6)35(29,7)44-36)38-32(41)42-22-27-11-9-8-10-16-39(27)31(40)25(21-37)20-33(2,3)4/h12-15,20,26-30H,8-11,16-19,22H2,1-7H3,(H,38,41)/t26-,27+,28-,29+,30-,35-/m0/s1. The average Bonchev–Trinajstić information content (AvgIpc) is 3.15. The van der Waals surface area contributed by atoms with Gasteiger partial charge in [-0.25, -0.2) is 4.79 Å². The first-order chi connectivity index (χ1) is 20.7. The van der Waals surface area contributed by atoms with Crippen LogP contribution in [-0.2, 0) is 25.3 Å². The molecule has 2 aliphatic heterocycles. The molecule has 9 heteroatoms. The third-order valence-electron chi connectivity index (χ3n) is 10.6. The molecule has 1 aromatic rings. The van der Waals surface area contributed by atoms with Gasteiger partial charge in [0.2, 0.25) is 0 Å². The molecule has 2 heterocycles. The second-order valence-corrected chi connectivity index (χ2v) is 15.4. The third kappa shape index (κ3) is 6.72. The Morgan fingerprint density at radius 3 is 2.57 bits per heavy atom. The number of carbonyl (C=O) groups excluding carboxylic acids is 2. The number of hydrogen-bond acceptors (Lipinski definition) is 6. The summed E-state index contributed by atoms with van der Waals surface area (Å²) < 4.78 is 19.2. The molecule has 5 aliphatic rings. The van der Waals surface area contributed by atoms with E-state index in [2.05, 4.69) is 63.3 Å². The van der Waals surface area contributed by atoms with Crippen molar-refractivity contribution in [2.75, 3.05) is 13.2 Å². The zero-order valence-corrected chi connectivity index (χ0v) is 27.7. The van der Waals surface area contributed by atoms with Gasteiger partial charge < -0.3 is 24.3 Å². The Bertz CT molecular complexity index is 1300. The number of nitriles is 1. The lowest BCUT2D eigenvalue weighted by Crippen LogP contribution is -2.65. The van der Waals surface area contributed by atoms with Crippen molar-refractivity contribution in [1.82, 2.24) is 10.2 Å². The molecule has 8 nitrogen and oxygen atoms in total. The lowest BCUT2D eigenvalue weighted by molar-refractivity contribution is -0.199. The van der Waals surface area contributed by atoms with Crippen molar-refractivity contribution >= 4 is 19.1 Å². The van der Waals surface area contributed by atoms with Crippen molar-refractivity contribution in [3.63, 3.8) is 0 Å². The van der Waals surface area contributed by atoms with Crippen LogP contribution < -0.4 is 5.32 Å². The number of rotatable bonds is 7. The van der Waals surface area contributed by atoms with Gasteiger partial charge in [0.15, 0.2) is 0 Å². The number of hydrogen-bond donors (Lipinski definition) is 1. The first-order valence-electron chi connectivity index (χ1n) is 16.5. The predicted octanol–water partition coefficient (Wildman–Crippen LogP) is 6.17. The maximum atomic E-state index is 13.5. The summed E-state index contributed by atoms with van der Waals surface area (Å²) in [4.78, 5) is 28.6. The fraction of sp³-hybridized carbons (Fsp3) is 0.686. The summed E-state index contributed by atoms with van der Waals surface area (Å²) in [5.74, 6) is 0.312. The first-order valence-corrected chi connectivity index (χ1v) is 16.5. The minimum atomic E-state index is -0.592. The van der Waals surface area contributed by atoms with E-state index in [1.54, 1.807) is 11.0 Å². The van der Waals surface area contributed by atoms with Gasteiger partial charge in [0.25, 0.3) is 5.91 Å². The summed E-state index contributed by atoms with van der Waals surface area (Å²) in [6.07, 6.45) is 7.34. The van der Waals surface area contributed by atoms with Gasteiger partial charge in [-0.2, -0.15) is 5.26 Å². The summed E-state index contributed by atoms with van der Waals surface area (Å²) in [6, 6.07) is 10.1. The first kappa shape index (κ1) is 32.6. The molecule has 0 spiro atoms. The van der Waals surface area contributed by atoms with E-state index in [-0.39, 0.29) is 46.7 Å². The van der Waals surface area contributed by atoms with Crippen molar-refractivity contribution < 1.29 is 23.6 Å².